The Kier molecular flexibility index (Phi) is 4.01. The highest BCUT2D eigenvalue weighted by Gasteiger charge is 2.39. The van der Waals surface area contributed by atoms with Crippen molar-refractivity contribution in [2.24, 2.45) is 0 Å². The standard InChI is InChI=1S/C18H14BrF2N/c19-8-7-18(11-22)16-6-5-14(20)9-13(16)2-1-12-3-4-15(21)10-17(12)18/h3-6,9-10H,1-2,7-8H2. The van der Waals surface area contributed by atoms with E-state index in [1.54, 1.807) is 12.1 Å². The van der Waals surface area contributed by atoms with Crippen molar-refractivity contribution in [3.63, 3.8) is 0 Å². The van der Waals surface area contributed by atoms with E-state index in [0.717, 1.165) is 16.7 Å². The average Bonchev–Trinajstić information content (AvgIpc) is 2.63. The Labute approximate surface area is 136 Å². The second-order valence-corrected chi connectivity index (χ2v) is 6.35. The summed E-state index contributed by atoms with van der Waals surface area (Å²) in [6, 6.07) is 11.6. The maximum atomic E-state index is 13.8. The molecule has 0 spiro atoms. The van der Waals surface area contributed by atoms with E-state index in [1.807, 2.05) is 0 Å². The summed E-state index contributed by atoms with van der Waals surface area (Å²) in [5.41, 5.74) is 2.35. The second kappa shape index (κ2) is 5.81. The molecule has 1 atom stereocenters. The molecule has 1 unspecified atom stereocenters. The van der Waals surface area contributed by atoms with Crippen LogP contribution in [0.15, 0.2) is 36.4 Å². The van der Waals surface area contributed by atoms with E-state index in [1.165, 1.54) is 24.3 Å². The summed E-state index contributed by atoms with van der Waals surface area (Å²) in [6.07, 6.45) is 1.84. The van der Waals surface area contributed by atoms with Gasteiger partial charge in [0.2, 0.25) is 0 Å². The predicted molar refractivity (Wildman–Crippen MR) is 85.0 cm³/mol. The lowest BCUT2D eigenvalue weighted by atomic mass is 9.72. The van der Waals surface area contributed by atoms with E-state index in [0.29, 0.717) is 30.2 Å². The molecule has 0 saturated heterocycles. The van der Waals surface area contributed by atoms with Gasteiger partial charge in [-0.1, -0.05) is 28.1 Å². The summed E-state index contributed by atoms with van der Waals surface area (Å²) in [7, 11) is 0. The highest BCUT2D eigenvalue weighted by Crippen LogP contribution is 2.42. The molecular formula is C18H14BrF2N. The molecule has 112 valence electrons. The van der Waals surface area contributed by atoms with Crippen LogP contribution in [0.3, 0.4) is 0 Å². The maximum Gasteiger partial charge on any atom is 0.123 e. The zero-order chi connectivity index (χ0) is 15.7. The number of rotatable bonds is 2. The second-order valence-electron chi connectivity index (χ2n) is 5.56. The number of halogens is 3. The molecule has 1 nitrogen and oxygen atoms in total. The Morgan fingerprint density at radius 1 is 1.00 bits per heavy atom. The fourth-order valence-corrected chi connectivity index (χ4v) is 3.95. The number of alkyl halides is 1. The topological polar surface area (TPSA) is 23.8 Å². The fraction of sp³-hybridized carbons (Fsp3) is 0.278. The molecule has 0 bridgehead atoms. The van der Waals surface area contributed by atoms with E-state index >= 15 is 0 Å². The molecule has 0 fully saturated rings. The number of hydrogen-bond donors (Lipinski definition) is 0. The van der Waals surface area contributed by atoms with Gasteiger partial charge >= 0.3 is 0 Å². The van der Waals surface area contributed by atoms with E-state index in [9.17, 15) is 14.0 Å². The first-order valence-corrected chi connectivity index (χ1v) is 8.28. The molecule has 0 aromatic heterocycles. The Balaban J connectivity index is 2.34. The zero-order valence-corrected chi connectivity index (χ0v) is 13.5. The lowest BCUT2D eigenvalue weighted by Crippen LogP contribution is -2.28. The van der Waals surface area contributed by atoms with Crippen molar-refractivity contribution in [2.75, 3.05) is 5.33 Å². The lowest BCUT2D eigenvalue weighted by molar-refractivity contribution is 0.595. The van der Waals surface area contributed by atoms with Gasteiger partial charge in [-0.05, 0) is 65.8 Å². The van der Waals surface area contributed by atoms with Crippen molar-refractivity contribution in [1.82, 2.24) is 0 Å². The van der Waals surface area contributed by atoms with Crippen molar-refractivity contribution in [3.05, 3.63) is 70.3 Å². The fourth-order valence-electron chi connectivity index (χ4n) is 3.35. The molecule has 0 saturated carbocycles. The summed E-state index contributed by atoms with van der Waals surface area (Å²) in [6.45, 7) is 0. The smallest absolute Gasteiger partial charge is 0.123 e. The minimum absolute atomic E-state index is 0.304. The van der Waals surface area contributed by atoms with Crippen molar-refractivity contribution in [1.29, 1.82) is 5.26 Å². The third-order valence-electron chi connectivity index (χ3n) is 4.38. The molecule has 0 amide bonds. The average molecular weight is 362 g/mol. The van der Waals surface area contributed by atoms with Gasteiger partial charge in [-0.15, -0.1) is 0 Å². The molecule has 3 rings (SSSR count). The highest BCUT2D eigenvalue weighted by molar-refractivity contribution is 9.09. The zero-order valence-electron chi connectivity index (χ0n) is 11.9. The third-order valence-corrected chi connectivity index (χ3v) is 4.78. The Morgan fingerprint density at radius 2 is 1.68 bits per heavy atom. The van der Waals surface area contributed by atoms with Crippen molar-refractivity contribution >= 4 is 15.9 Å². The Hall–Kier alpha value is -1.73. The molecule has 1 aliphatic carbocycles. The maximum absolute atomic E-state index is 13.8. The summed E-state index contributed by atoms with van der Waals surface area (Å²) in [5.74, 6) is -0.653. The monoisotopic (exact) mass is 361 g/mol. The van der Waals surface area contributed by atoms with Crippen molar-refractivity contribution in [2.45, 2.75) is 24.7 Å². The first-order valence-electron chi connectivity index (χ1n) is 7.16. The van der Waals surface area contributed by atoms with Gasteiger partial charge in [0.1, 0.15) is 17.0 Å². The van der Waals surface area contributed by atoms with E-state index in [4.69, 9.17) is 0 Å². The molecular weight excluding hydrogens is 348 g/mol. The first-order chi connectivity index (χ1) is 10.6. The largest absolute Gasteiger partial charge is 0.207 e. The van der Waals surface area contributed by atoms with Gasteiger partial charge in [0.25, 0.3) is 0 Å². The van der Waals surface area contributed by atoms with Gasteiger partial charge in [-0.3, -0.25) is 0 Å². The number of nitriles is 1. The minimum atomic E-state index is -0.944. The van der Waals surface area contributed by atoms with Crippen LogP contribution in [0.4, 0.5) is 8.78 Å². The summed E-state index contributed by atoms with van der Waals surface area (Å²) >= 11 is 3.40. The van der Waals surface area contributed by atoms with E-state index < -0.39 is 5.41 Å². The molecule has 0 radical (unpaired) electrons. The number of nitrogens with zero attached hydrogens (tertiary/aromatic N) is 1. The third kappa shape index (κ3) is 2.34. The van der Waals surface area contributed by atoms with Crippen molar-refractivity contribution < 1.29 is 8.78 Å². The van der Waals surface area contributed by atoms with Gasteiger partial charge in [-0.25, -0.2) is 8.78 Å². The first kappa shape index (κ1) is 15.2. The summed E-state index contributed by atoms with van der Waals surface area (Å²) < 4.78 is 27.4. The van der Waals surface area contributed by atoms with Crippen LogP contribution in [0.25, 0.3) is 0 Å². The number of benzene rings is 2. The van der Waals surface area contributed by atoms with Gasteiger partial charge in [0, 0.05) is 5.33 Å². The van der Waals surface area contributed by atoms with Gasteiger partial charge in [0.15, 0.2) is 0 Å². The van der Waals surface area contributed by atoms with Gasteiger partial charge in [-0.2, -0.15) is 5.26 Å². The molecule has 4 heteroatoms. The Bertz CT molecular complexity index is 766. The Morgan fingerprint density at radius 3 is 2.41 bits per heavy atom. The minimum Gasteiger partial charge on any atom is -0.207 e. The quantitative estimate of drug-likeness (QED) is 0.713. The van der Waals surface area contributed by atoms with Crippen LogP contribution in [-0.2, 0) is 18.3 Å². The highest BCUT2D eigenvalue weighted by atomic mass is 79.9. The number of hydrogen-bond acceptors (Lipinski definition) is 1. The molecule has 0 heterocycles. The predicted octanol–water partition coefficient (Wildman–Crippen LogP) is 4.66. The molecule has 1 aliphatic rings. The number of fused-ring (bicyclic) bond motifs is 2. The van der Waals surface area contributed by atoms with Crippen LogP contribution >= 0.6 is 15.9 Å². The van der Waals surface area contributed by atoms with E-state index in [-0.39, 0.29) is 11.6 Å². The SMILES string of the molecule is N#CC1(CCBr)c2ccc(F)cc2CCc2ccc(F)cc21. The summed E-state index contributed by atoms with van der Waals surface area (Å²) in [5, 5.41) is 10.6. The van der Waals surface area contributed by atoms with Gasteiger partial charge < -0.3 is 0 Å². The summed E-state index contributed by atoms with van der Waals surface area (Å²) in [4.78, 5) is 0. The molecule has 2 aromatic carbocycles. The number of aryl methyl sites for hydroxylation is 2. The molecule has 22 heavy (non-hydrogen) atoms. The van der Waals surface area contributed by atoms with Gasteiger partial charge in [0.05, 0.1) is 6.07 Å². The molecule has 2 aromatic rings. The van der Waals surface area contributed by atoms with Crippen LogP contribution in [0.1, 0.15) is 28.7 Å². The molecule has 0 aliphatic heterocycles. The molecule has 0 N–H and O–H groups in total. The normalized spacial score (nSPS) is 19.7. The van der Waals surface area contributed by atoms with Crippen LogP contribution in [0.5, 0.6) is 0 Å². The van der Waals surface area contributed by atoms with Crippen LogP contribution in [-0.4, -0.2) is 5.33 Å². The van der Waals surface area contributed by atoms with Crippen LogP contribution < -0.4 is 0 Å². The van der Waals surface area contributed by atoms with Crippen molar-refractivity contribution in [3.8, 4) is 6.07 Å². The van der Waals surface area contributed by atoms with E-state index in [2.05, 4.69) is 22.0 Å². The lowest BCUT2D eigenvalue weighted by Gasteiger charge is -2.29. The van der Waals surface area contributed by atoms with Crippen LogP contribution in [0, 0.1) is 23.0 Å². The van der Waals surface area contributed by atoms with Crippen LogP contribution in [0.2, 0.25) is 0 Å².